The van der Waals surface area contributed by atoms with Crippen LogP contribution in [0.25, 0.3) is 0 Å². The van der Waals surface area contributed by atoms with E-state index >= 15 is 0 Å². The molecule has 0 radical (unpaired) electrons. The van der Waals surface area contributed by atoms with Crippen molar-refractivity contribution in [3.63, 3.8) is 0 Å². The van der Waals surface area contributed by atoms with Crippen molar-refractivity contribution in [3.8, 4) is 11.6 Å². The van der Waals surface area contributed by atoms with Crippen LogP contribution in [0.3, 0.4) is 0 Å². The molecule has 0 N–H and O–H groups in total. The third-order valence-electron chi connectivity index (χ3n) is 2.64. The number of aryl methyl sites for hydroxylation is 2. The topological polar surface area (TPSA) is 65.3 Å². The largest absolute Gasteiger partial charge is 0.431 e. The summed E-state index contributed by atoms with van der Waals surface area (Å²) in [5.41, 5.74) is 1.45. The van der Waals surface area contributed by atoms with Crippen molar-refractivity contribution in [1.29, 1.82) is 0 Å². The fourth-order valence-electron chi connectivity index (χ4n) is 1.64. The van der Waals surface area contributed by atoms with E-state index in [1.54, 1.807) is 31.3 Å². The van der Waals surface area contributed by atoms with E-state index in [2.05, 4.69) is 20.9 Å². The van der Waals surface area contributed by atoms with E-state index in [1.807, 2.05) is 13.0 Å². The number of nitrogens with zero attached hydrogens (tertiary/aromatic N) is 2. The van der Waals surface area contributed by atoms with Crippen molar-refractivity contribution in [3.05, 3.63) is 56.2 Å². The van der Waals surface area contributed by atoms with Crippen LogP contribution >= 0.6 is 15.9 Å². The summed E-state index contributed by atoms with van der Waals surface area (Å²) >= 11 is 3.36. The standard InChI is InChI=1S/C13H11BrN2O3/c1-8-6-7-15-13(11(8)14)19-10-5-3-4-9(2)12(10)16(17)18/h3-7H,1-2H3. The van der Waals surface area contributed by atoms with Crippen molar-refractivity contribution in [2.75, 3.05) is 0 Å². The van der Waals surface area contributed by atoms with Gasteiger partial charge in [0, 0.05) is 11.8 Å². The molecular weight excluding hydrogens is 312 g/mol. The molecule has 2 rings (SSSR count). The SMILES string of the molecule is Cc1ccnc(Oc2cccc(C)c2[N+](=O)[O-])c1Br. The molecule has 0 saturated carbocycles. The molecule has 0 aliphatic carbocycles. The Morgan fingerprint density at radius 3 is 2.68 bits per heavy atom. The van der Waals surface area contributed by atoms with Gasteiger partial charge in [-0.3, -0.25) is 10.1 Å². The van der Waals surface area contributed by atoms with Gasteiger partial charge in [0.25, 0.3) is 0 Å². The molecule has 0 saturated heterocycles. The van der Waals surface area contributed by atoms with Crippen molar-refractivity contribution >= 4 is 21.6 Å². The molecule has 0 unspecified atom stereocenters. The fraction of sp³-hybridized carbons (Fsp3) is 0.154. The molecule has 0 spiro atoms. The molecule has 0 bridgehead atoms. The maximum atomic E-state index is 11.1. The van der Waals surface area contributed by atoms with Crippen LogP contribution in [-0.2, 0) is 0 Å². The average molecular weight is 323 g/mol. The summed E-state index contributed by atoms with van der Waals surface area (Å²) in [4.78, 5) is 14.7. The Bertz CT molecular complexity index is 644. The van der Waals surface area contributed by atoms with Crippen LogP contribution in [-0.4, -0.2) is 9.91 Å². The maximum Gasteiger partial charge on any atom is 0.314 e. The Hall–Kier alpha value is -1.95. The predicted molar refractivity (Wildman–Crippen MR) is 74.6 cm³/mol. The summed E-state index contributed by atoms with van der Waals surface area (Å²) in [7, 11) is 0. The van der Waals surface area contributed by atoms with Crippen LogP contribution in [0.5, 0.6) is 11.6 Å². The first-order valence-corrected chi connectivity index (χ1v) is 6.33. The van der Waals surface area contributed by atoms with E-state index < -0.39 is 4.92 Å². The zero-order valence-corrected chi connectivity index (χ0v) is 12.0. The number of hydrogen-bond acceptors (Lipinski definition) is 4. The van der Waals surface area contributed by atoms with Crippen molar-refractivity contribution in [2.45, 2.75) is 13.8 Å². The van der Waals surface area contributed by atoms with Crippen LogP contribution in [0.4, 0.5) is 5.69 Å². The third-order valence-corrected chi connectivity index (χ3v) is 3.60. The monoisotopic (exact) mass is 322 g/mol. The first-order valence-electron chi connectivity index (χ1n) is 5.53. The molecule has 1 aromatic carbocycles. The van der Waals surface area contributed by atoms with Crippen LogP contribution in [0.1, 0.15) is 11.1 Å². The zero-order chi connectivity index (χ0) is 14.0. The molecule has 0 fully saturated rings. The van der Waals surface area contributed by atoms with Crippen molar-refractivity contribution < 1.29 is 9.66 Å². The minimum Gasteiger partial charge on any atom is -0.431 e. The zero-order valence-electron chi connectivity index (χ0n) is 10.4. The van der Waals surface area contributed by atoms with E-state index in [1.165, 1.54) is 0 Å². The second-order valence-corrected chi connectivity index (χ2v) is 4.82. The second-order valence-electron chi connectivity index (χ2n) is 4.03. The lowest BCUT2D eigenvalue weighted by atomic mass is 10.2. The molecule has 0 aliphatic rings. The van der Waals surface area contributed by atoms with Crippen LogP contribution < -0.4 is 4.74 Å². The van der Waals surface area contributed by atoms with Gasteiger partial charge in [0.05, 0.1) is 9.40 Å². The normalized spacial score (nSPS) is 10.3. The van der Waals surface area contributed by atoms with Gasteiger partial charge in [-0.1, -0.05) is 12.1 Å². The number of halogens is 1. The van der Waals surface area contributed by atoms with Crippen LogP contribution in [0.15, 0.2) is 34.9 Å². The maximum absolute atomic E-state index is 11.1. The van der Waals surface area contributed by atoms with Gasteiger partial charge in [0.1, 0.15) is 0 Å². The quantitative estimate of drug-likeness (QED) is 0.628. The minimum absolute atomic E-state index is 0.0438. The Morgan fingerprint density at radius 1 is 1.26 bits per heavy atom. The number of ether oxygens (including phenoxy) is 1. The first-order chi connectivity index (χ1) is 9.00. The molecule has 0 atom stereocenters. The summed E-state index contributed by atoms with van der Waals surface area (Å²) in [5, 5.41) is 11.1. The number of hydrogen-bond donors (Lipinski definition) is 0. The molecule has 1 heterocycles. The smallest absolute Gasteiger partial charge is 0.314 e. The number of rotatable bonds is 3. The van der Waals surface area contributed by atoms with E-state index in [-0.39, 0.29) is 11.4 Å². The molecule has 0 amide bonds. The third kappa shape index (κ3) is 2.73. The van der Waals surface area contributed by atoms with Gasteiger partial charge in [-0.15, -0.1) is 0 Å². The van der Waals surface area contributed by atoms with Gasteiger partial charge in [0.15, 0.2) is 0 Å². The lowest BCUT2D eigenvalue weighted by Crippen LogP contribution is -1.97. The second kappa shape index (κ2) is 5.36. The number of aromatic nitrogens is 1. The molecule has 6 heteroatoms. The molecule has 1 aromatic heterocycles. The van der Waals surface area contributed by atoms with Crippen molar-refractivity contribution in [1.82, 2.24) is 4.98 Å². The molecular formula is C13H11BrN2O3. The Balaban J connectivity index is 2.47. The highest BCUT2D eigenvalue weighted by Gasteiger charge is 2.20. The van der Waals surface area contributed by atoms with Gasteiger partial charge in [-0.25, -0.2) is 4.98 Å². The summed E-state index contributed by atoms with van der Waals surface area (Å²) in [6.07, 6.45) is 1.59. The van der Waals surface area contributed by atoms with Gasteiger partial charge in [-0.05, 0) is 47.5 Å². The summed E-state index contributed by atoms with van der Waals surface area (Å²) in [6, 6.07) is 6.76. The number of nitro benzene ring substituents is 1. The highest BCUT2D eigenvalue weighted by molar-refractivity contribution is 9.10. The number of pyridine rings is 1. The number of benzene rings is 1. The highest BCUT2D eigenvalue weighted by atomic mass is 79.9. The molecule has 2 aromatic rings. The van der Waals surface area contributed by atoms with Gasteiger partial charge in [0.2, 0.25) is 11.6 Å². The average Bonchev–Trinajstić information content (AvgIpc) is 2.34. The van der Waals surface area contributed by atoms with E-state index in [9.17, 15) is 10.1 Å². The van der Waals surface area contributed by atoms with Gasteiger partial charge in [-0.2, -0.15) is 0 Å². The van der Waals surface area contributed by atoms with Crippen LogP contribution in [0, 0.1) is 24.0 Å². The molecule has 5 nitrogen and oxygen atoms in total. The lowest BCUT2D eigenvalue weighted by Gasteiger charge is -2.09. The molecule has 0 aliphatic heterocycles. The molecule has 19 heavy (non-hydrogen) atoms. The highest BCUT2D eigenvalue weighted by Crippen LogP contribution is 2.36. The van der Waals surface area contributed by atoms with Gasteiger partial charge >= 0.3 is 5.69 Å². The minimum atomic E-state index is -0.450. The number of para-hydroxylation sites is 1. The fourth-order valence-corrected chi connectivity index (χ4v) is 1.95. The van der Waals surface area contributed by atoms with E-state index in [0.717, 1.165) is 5.56 Å². The molecule has 98 valence electrons. The van der Waals surface area contributed by atoms with E-state index in [4.69, 9.17) is 4.74 Å². The van der Waals surface area contributed by atoms with Crippen LogP contribution in [0.2, 0.25) is 0 Å². The van der Waals surface area contributed by atoms with Gasteiger partial charge < -0.3 is 4.74 Å². The van der Waals surface area contributed by atoms with Crippen molar-refractivity contribution in [2.24, 2.45) is 0 Å². The number of nitro groups is 1. The predicted octanol–water partition coefficient (Wildman–Crippen LogP) is 4.16. The lowest BCUT2D eigenvalue weighted by molar-refractivity contribution is -0.386. The Labute approximate surface area is 118 Å². The van der Waals surface area contributed by atoms with E-state index in [0.29, 0.717) is 15.9 Å². The summed E-state index contributed by atoms with van der Waals surface area (Å²) in [5.74, 6) is 0.498. The summed E-state index contributed by atoms with van der Waals surface area (Å²) < 4.78 is 6.25. The first kappa shape index (κ1) is 13.5. The Kier molecular flexibility index (Phi) is 3.80. The Morgan fingerprint density at radius 2 is 2.00 bits per heavy atom. The summed E-state index contributed by atoms with van der Waals surface area (Å²) in [6.45, 7) is 3.56.